The van der Waals surface area contributed by atoms with E-state index in [4.69, 9.17) is 21.1 Å². The molecule has 2 aliphatic rings. The number of rotatable bonds is 5. The van der Waals surface area contributed by atoms with E-state index in [-0.39, 0.29) is 11.7 Å². The molecule has 0 saturated carbocycles. The zero-order valence-corrected chi connectivity index (χ0v) is 17.5. The molecule has 1 N–H and O–H groups in total. The van der Waals surface area contributed by atoms with Gasteiger partial charge in [-0.05, 0) is 29.8 Å². The fourth-order valence-corrected chi connectivity index (χ4v) is 3.87. The highest BCUT2D eigenvalue weighted by Gasteiger charge is 2.20. The highest BCUT2D eigenvalue weighted by molar-refractivity contribution is 6.31. The molecule has 1 fully saturated rings. The van der Waals surface area contributed by atoms with Crippen LogP contribution in [0.25, 0.3) is 0 Å². The second kappa shape index (κ2) is 9.64. The molecule has 2 aliphatic heterocycles. The predicted molar refractivity (Wildman–Crippen MR) is 114 cm³/mol. The Morgan fingerprint density at radius 1 is 1.00 bits per heavy atom. The number of fused-ring (bicyclic) bond motifs is 1. The van der Waals surface area contributed by atoms with Gasteiger partial charge in [0.25, 0.3) is 0 Å². The van der Waals surface area contributed by atoms with Crippen LogP contribution in [0, 0.1) is 5.82 Å². The van der Waals surface area contributed by atoms with Crippen molar-refractivity contribution in [3.8, 4) is 11.5 Å². The van der Waals surface area contributed by atoms with Crippen LogP contribution in [-0.2, 0) is 11.3 Å². The molecular weight excluding hydrogens is 409 g/mol. The molecule has 0 atom stereocenters. The zero-order chi connectivity index (χ0) is 20.9. The van der Waals surface area contributed by atoms with E-state index in [1.54, 1.807) is 6.07 Å². The van der Waals surface area contributed by atoms with Crippen LogP contribution in [-0.4, -0.2) is 61.6 Å². The molecule has 8 heteroatoms. The molecule has 2 heterocycles. The summed E-state index contributed by atoms with van der Waals surface area (Å²) in [5.74, 6) is 0.994. The van der Waals surface area contributed by atoms with Crippen LogP contribution in [0.15, 0.2) is 36.4 Å². The topological polar surface area (TPSA) is 54.0 Å². The van der Waals surface area contributed by atoms with Gasteiger partial charge >= 0.3 is 0 Å². The smallest absolute Gasteiger partial charge is 0.238 e. The predicted octanol–water partition coefficient (Wildman–Crippen LogP) is 3.40. The van der Waals surface area contributed by atoms with E-state index in [1.165, 1.54) is 12.1 Å². The van der Waals surface area contributed by atoms with Gasteiger partial charge in [0.1, 0.15) is 5.82 Å². The van der Waals surface area contributed by atoms with E-state index in [0.29, 0.717) is 48.5 Å². The van der Waals surface area contributed by atoms with Gasteiger partial charge in [-0.15, -0.1) is 0 Å². The molecule has 0 radical (unpaired) electrons. The lowest BCUT2D eigenvalue weighted by Gasteiger charge is -2.34. The van der Waals surface area contributed by atoms with Gasteiger partial charge < -0.3 is 14.8 Å². The molecule has 0 bridgehead atoms. The van der Waals surface area contributed by atoms with E-state index in [0.717, 1.165) is 38.2 Å². The second-order valence-electron chi connectivity index (χ2n) is 7.55. The average Bonchev–Trinajstić information content (AvgIpc) is 2.96. The summed E-state index contributed by atoms with van der Waals surface area (Å²) in [5.41, 5.74) is 1.62. The van der Waals surface area contributed by atoms with Crippen LogP contribution in [0.2, 0.25) is 5.02 Å². The summed E-state index contributed by atoms with van der Waals surface area (Å²) in [6.07, 6.45) is 0.843. The van der Waals surface area contributed by atoms with Gasteiger partial charge in [-0.2, -0.15) is 0 Å². The minimum atomic E-state index is -0.326. The molecule has 0 unspecified atom stereocenters. The van der Waals surface area contributed by atoms with Crippen molar-refractivity contribution in [2.24, 2.45) is 0 Å². The van der Waals surface area contributed by atoms with Gasteiger partial charge in [-0.1, -0.05) is 17.7 Å². The Hall–Kier alpha value is -2.35. The quantitative estimate of drug-likeness (QED) is 0.783. The monoisotopic (exact) mass is 433 g/mol. The summed E-state index contributed by atoms with van der Waals surface area (Å²) < 4.78 is 24.5. The molecule has 30 heavy (non-hydrogen) atoms. The molecular formula is C22H25ClFN3O3. The molecule has 1 saturated heterocycles. The maximum atomic E-state index is 13.2. The Morgan fingerprint density at radius 3 is 2.50 bits per heavy atom. The standard InChI is InChI=1S/C22H25ClFN3O3/c23-19-12-17(24)3-2-16(19)14-26-6-8-27(9-7-26)15-22(28)25-18-4-5-20-21(13-18)30-11-1-10-29-20/h2-5,12-13H,1,6-11,14-15H2,(H,25,28). The Kier molecular flexibility index (Phi) is 6.72. The molecule has 2 aromatic rings. The lowest BCUT2D eigenvalue weighted by molar-refractivity contribution is -0.117. The molecule has 1 amide bonds. The minimum Gasteiger partial charge on any atom is -0.490 e. The van der Waals surface area contributed by atoms with Gasteiger partial charge in [0.2, 0.25) is 5.91 Å². The SMILES string of the molecule is O=C(CN1CCN(Cc2ccc(F)cc2Cl)CC1)Nc1ccc2c(c1)OCCCO2. The summed E-state index contributed by atoms with van der Waals surface area (Å²) in [6.45, 7) is 5.47. The number of carbonyl (C=O) groups excluding carboxylic acids is 1. The third-order valence-electron chi connectivity index (χ3n) is 5.27. The number of carbonyl (C=O) groups is 1. The maximum Gasteiger partial charge on any atom is 0.238 e. The van der Waals surface area contributed by atoms with Gasteiger partial charge in [0.05, 0.1) is 19.8 Å². The van der Waals surface area contributed by atoms with Crippen molar-refractivity contribution in [3.05, 3.63) is 52.8 Å². The Balaban J connectivity index is 1.25. The lowest BCUT2D eigenvalue weighted by atomic mass is 10.2. The van der Waals surface area contributed by atoms with Crippen LogP contribution in [0.5, 0.6) is 11.5 Å². The molecule has 0 aromatic heterocycles. The van der Waals surface area contributed by atoms with Crippen LogP contribution >= 0.6 is 11.6 Å². The molecule has 0 aliphatic carbocycles. The van der Waals surface area contributed by atoms with Crippen molar-refractivity contribution < 1.29 is 18.7 Å². The van der Waals surface area contributed by atoms with E-state index in [2.05, 4.69) is 15.1 Å². The van der Waals surface area contributed by atoms with Crippen LogP contribution in [0.3, 0.4) is 0 Å². The second-order valence-corrected chi connectivity index (χ2v) is 7.96. The van der Waals surface area contributed by atoms with Gasteiger partial charge in [-0.25, -0.2) is 4.39 Å². The summed E-state index contributed by atoms with van der Waals surface area (Å²) >= 11 is 6.13. The normalized spacial score (nSPS) is 17.4. The highest BCUT2D eigenvalue weighted by atomic mass is 35.5. The highest BCUT2D eigenvalue weighted by Crippen LogP contribution is 2.32. The first-order chi connectivity index (χ1) is 14.6. The van der Waals surface area contributed by atoms with Crippen molar-refractivity contribution in [3.63, 3.8) is 0 Å². The minimum absolute atomic E-state index is 0.0560. The third kappa shape index (κ3) is 5.41. The number of nitrogens with one attached hydrogen (secondary N) is 1. The molecule has 160 valence electrons. The van der Waals surface area contributed by atoms with Crippen molar-refractivity contribution >= 4 is 23.2 Å². The first kappa shape index (κ1) is 20.9. The van der Waals surface area contributed by atoms with E-state index in [9.17, 15) is 9.18 Å². The van der Waals surface area contributed by atoms with Crippen LogP contribution < -0.4 is 14.8 Å². The lowest BCUT2D eigenvalue weighted by Crippen LogP contribution is -2.48. The summed E-state index contributed by atoms with van der Waals surface area (Å²) in [4.78, 5) is 16.9. The van der Waals surface area contributed by atoms with Crippen molar-refractivity contribution in [2.75, 3.05) is 51.3 Å². The fourth-order valence-electron chi connectivity index (χ4n) is 3.64. The van der Waals surface area contributed by atoms with Crippen LogP contribution in [0.4, 0.5) is 10.1 Å². The van der Waals surface area contributed by atoms with Gasteiger partial charge in [-0.3, -0.25) is 14.6 Å². The Labute approximate surface area is 180 Å². The van der Waals surface area contributed by atoms with E-state index in [1.807, 2.05) is 18.2 Å². The number of anilines is 1. The Bertz CT molecular complexity index is 903. The number of piperazine rings is 1. The number of hydrogen-bond donors (Lipinski definition) is 1. The third-order valence-corrected chi connectivity index (χ3v) is 5.62. The molecule has 2 aromatic carbocycles. The largest absolute Gasteiger partial charge is 0.490 e. The molecule has 4 rings (SSSR count). The molecule has 0 spiro atoms. The van der Waals surface area contributed by atoms with E-state index >= 15 is 0 Å². The fraction of sp³-hybridized carbons (Fsp3) is 0.409. The summed E-state index contributed by atoms with van der Waals surface area (Å²) in [6, 6.07) is 9.97. The van der Waals surface area contributed by atoms with E-state index < -0.39 is 0 Å². The van der Waals surface area contributed by atoms with Gasteiger partial charge in [0, 0.05) is 55.9 Å². The Morgan fingerprint density at radius 2 is 1.73 bits per heavy atom. The average molecular weight is 434 g/mol. The summed E-state index contributed by atoms with van der Waals surface area (Å²) in [5, 5.41) is 3.39. The molecule has 6 nitrogen and oxygen atoms in total. The first-order valence-electron chi connectivity index (χ1n) is 10.1. The number of halogens is 2. The summed E-state index contributed by atoms with van der Waals surface area (Å²) in [7, 11) is 0. The number of hydrogen-bond acceptors (Lipinski definition) is 5. The number of nitrogens with zero attached hydrogens (tertiary/aromatic N) is 2. The van der Waals surface area contributed by atoms with Crippen molar-refractivity contribution in [1.82, 2.24) is 9.80 Å². The number of amides is 1. The van der Waals surface area contributed by atoms with Gasteiger partial charge in [0.15, 0.2) is 11.5 Å². The first-order valence-corrected chi connectivity index (χ1v) is 10.5. The van der Waals surface area contributed by atoms with Crippen LogP contribution in [0.1, 0.15) is 12.0 Å². The van der Waals surface area contributed by atoms with Crippen molar-refractivity contribution in [2.45, 2.75) is 13.0 Å². The zero-order valence-electron chi connectivity index (χ0n) is 16.7. The van der Waals surface area contributed by atoms with Crippen molar-refractivity contribution in [1.29, 1.82) is 0 Å². The number of ether oxygens (including phenoxy) is 2. The maximum absolute atomic E-state index is 13.2. The number of benzene rings is 2.